The maximum absolute atomic E-state index is 5.74. The van der Waals surface area contributed by atoms with Crippen LogP contribution in [0.4, 0.5) is 0 Å². The third-order valence-corrected chi connectivity index (χ3v) is 5.27. The fourth-order valence-corrected chi connectivity index (χ4v) is 3.64. The van der Waals surface area contributed by atoms with Gasteiger partial charge in [-0.1, -0.05) is 25.1 Å². The molecule has 2 fully saturated rings. The summed E-state index contributed by atoms with van der Waals surface area (Å²) in [6, 6.07) is 8.63. The summed E-state index contributed by atoms with van der Waals surface area (Å²) in [6.07, 6.45) is 1.16. The smallest absolute Gasteiger partial charge is 0.194 e. The molecule has 1 saturated heterocycles. The molecule has 3 rings (SSSR count). The van der Waals surface area contributed by atoms with Crippen LogP contribution in [-0.2, 0) is 14.9 Å². The molecule has 1 saturated carbocycles. The Morgan fingerprint density at radius 3 is 2.85 bits per heavy atom. The predicted octanol–water partition coefficient (Wildman–Crippen LogP) is 2.27. The van der Waals surface area contributed by atoms with E-state index in [1.807, 2.05) is 19.2 Å². The number of nitrogens with one attached hydrogen (secondary N) is 1. The Hall–Kier alpha value is -1.06. The molecule has 3 unspecified atom stereocenters. The largest absolute Gasteiger partial charge is 0.496 e. The first-order valence-corrected chi connectivity index (χ1v) is 8.84. The maximum Gasteiger partial charge on any atom is 0.194 e. The Balaban J connectivity index is 0.00000243. The third-order valence-electron chi connectivity index (χ3n) is 5.27. The van der Waals surface area contributed by atoms with Gasteiger partial charge in [0.05, 0.1) is 26.4 Å². The molecule has 0 bridgehead atoms. The minimum absolute atomic E-state index is 0. The molecule has 7 heteroatoms. The predicted molar refractivity (Wildman–Crippen MR) is 114 cm³/mol. The van der Waals surface area contributed by atoms with E-state index in [0.717, 1.165) is 31.2 Å². The molecule has 1 aliphatic heterocycles. The van der Waals surface area contributed by atoms with Crippen molar-refractivity contribution >= 4 is 29.9 Å². The van der Waals surface area contributed by atoms with Crippen molar-refractivity contribution in [3.63, 3.8) is 0 Å². The quantitative estimate of drug-likeness (QED) is 0.403. The molecule has 1 N–H and O–H groups in total. The van der Waals surface area contributed by atoms with E-state index in [-0.39, 0.29) is 35.5 Å². The lowest BCUT2D eigenvalue weighted by Gasteiger charge is -2.35. The molecule has 1 aromatic rings. The highest BCUT2D eigenvalue weighted by atomic mass is 127. The van der Waals surface area contributed by atoms with Gasteiger partial charge in [0.2, 0.25) is 0 Å². The number of rotatable bonds is 5. The van der Waals surface area contributed by atoms with Crippen LogP contribution < -0.4 is 10.1 Å². The van der Waals surface area contributed by atoms with Gasteiger partial charge in [0.25, 0.3) is 0 Å². The fourth-order valence-electron chi connectivity index (χ4n) is 3.64. The summed E-state index contributed by atoms with van der Waals surface area (Å²) in [5.41, 5.74) is 1.32. The Labute approximate surface area is 173 Å². The van der Waals surface area contributed by atoms with Gasteiger partial charge in [-0.3, -0.25) is 4.99 Å². The minimum atomic E-state index is 0. The van der Waals surface area contributed by atoms with Gasteiger partial charge >= 0.3 is 0 Å². The second-order valence-corrected chi connectivity index (χ2v) is 6.96. The Morgan fingerprint density at radius 2 is 2.15 bits per heavy atom. The SMILES string of the molecule is CN=C(NC1CC1(C)c1ccccc1OC)N1CCOC(COC)C1.I. The first-order valence-electron chi connectivity index (χ1n) is 8.84. The Morgan fingerprint density at radius 1 is 1.38 bits per heavy atom. The van der Waals surface area contributed by atoms with Crippen molar-refractivity contribution in [3.8, 4) is 5.75 Å². The first kappa shape index (κ1) is 21.2. The van der Waals surface area contributed by atoms with Crippen molar-refractivity contribution in [2.45, 2.75) is 30.9 Å². The van der Waals surface area contributed by atoms with E-state index >= 15 is 0 Å². The van der Waals surface area contributed by atoms with Crippen molar-refractivity contribution in [1.82, 2.24) is 10.2 Å². The summed E-state index contributed by atoms with van der Waals surface area (Å²) in [5.74, 6) is 1.89. The van der Waals surface area contributed by atoms with Crippen LogP contribution in [-0.4, -0.2) is 70.6 Å². The number of hydrogen-bond acceptors (Lipinski definition) is 4. The van der Waals surface area contributed by atoms with Gasteiger partial charge in [-0.25, -0.2) is 0 Å². The molecule has 146 valence electrons. The van der Waals surface area contributed by atoms with Crippen molar-refractivity contribution in [2.24, 2.45) is 4.99 Å². The van der Waals surface area contributed by atoms with Gasteiger partial charge in [-0.05, 0) is 12.5 Å². The lowest BCUT2D eigenvalue weighted by atomic mass is 9.96. The first-order chi connectivity index (χ1) is 12.1. The average molecular weight is 475 g/mol. The molecule has 1 aromatic carbocycles. The summed E-state index contributed by atoms with van der Waals surface area (Å²) >= 11 is 0. The fraction of sp³-hybridized carbons (Fsp3) is 0.632. The van der Waals surface area contributed by atoms with Crippen LogP contribution in [0.5, 0.6) is 5.75 Å². The zero-order valence-electron chi connectivity index (χ0n) is 16.0. The number of ether oxygens (including phenoxy) is 3. The number of benzene rings is 1. The van der Waals surface area contributed by atoms with Gasteiger partial charge in [0.1, 0.15) is 5.75 Å². The van der Waals surface area contributed by atoms with Gasteiger partial charge in [-0.2, -0.15) is 0 Å². The van der Waals surface area contributed by atoms with E-state index < -0.39 is 0 Å². The van der Waals surface area contributed by atoms with E-state index in [4.69, 9.17) is 14.2 Å². The number of halogens is 1. The van der Waals surface area contributed by atoms with Crippen LogP contribution in [0.15, 0.2) is 29.3 Å². The molecule has 0 amide bonds. The molecule has 0 spiro atoms. The van der Waals surface area contributed by atoms with E-state index in [9.17, 15) is 0 Å². The summed E-state index contributed by atoms with van der Waals surface area (Å²) in [4.78, 5) is 6.75. The van der Waals surface area contributed by atoms with Crippen LogP contribution in [0.2, 0.25) is 0 Å². The van der Waals surface area contributed by atoms with Crippen LogP contribution in [0.3, 0.4) is 0 Å². The molecule has 0 radical (unpaired) electrons. The highest BCUT2D eigenvalue weighted by molar-refractivity contribution is 14.0. The second-order valence-electron chi connectivity index (χ2n) is 6.96. The molecule has 1 aliphatic carbocycles. The van der Waals surface area contributed by atoms with Gasteiger partial charge < -0.3 is 24.4 Å². The van der Waals surface area contributed by atoms with Crippen LogP contribution >= 0.6 is 24.0 Å². The molecule has 26 heavy (non-hydrogen) atoms. The maximum atomic E-state index is 5.74. The Kier molecular flexibility index (Phi) is 7.54. The molecule has 1 heterocycles. The van der Waals surface area contributed by atoms with Gasteiger partial charge in [0, 0.05) is 44.3 Å². The molecular weight excluding hydrogens is 445 g/mol. The summed E-state index contributed by atoms with van der Waals surface area (Å²) in [6.45, 7) is 5.23. The van der Waals surface area contributed by atoms with Gasteiger partial charge in [0.15, 0.2) is 5.96 Å². The van der Waals surface area contributed by atoms with Crippen molar-refractivity contribution in [2.75, 3.05) is 47.6 Å². The van der Waals surface area contributed by atoms with Crippen molar-refractivity contribution in [3.05, 3.63) is 29.8 Å². The van der Waals surface area contributed by atoms with E-state index in [2.05, 4.69) is 34.3 Å². The zero-order chi connectivity index (χ0) is 17.9. The van der Waals surface area contributed by atoms with Crippen molar-refractivity contribution < 1.29 is 14.2 Å². The van der Waals surface area contributed by atoms with E-state index in [1.54, 1.807) is 14.2 Å². The standard InChI is InChI=1S/C19H29N3O3.HI/c1-19(15-7-5-6-8-16(15)24-4)11-17(19)21-18(20-2)22-9-10-25-14(12-22)13-23-3;/h5-8,14,17H,9-13H2,1-4H3,(H,20,21);1H. The highest BCUT2D eigenvalue weighted by Crippen LogP contribution is 2.51. The summed E-state index contributed by atoms with van der Waals surface area (Å²) < 4.78 is 16.5. The lowest BCUT2D eigenvalue weighted by molar-refractivity contribution is -0.0447. The average Bonchev–Trinajstić information content (AvgIpc) is 3.31. The number of morpholine rings is 1. The number of nitrogens with zero attached hydrogens (tertiary/aromatic N) is 2. The number of guanidine groups is 1. The monoisotopic (exact) mass is 475 g/mol. The molecule has 3 atom stereocenters. The number of hydrogen-bond donors (Lipinski definition) is 1. The third kappa shape index (κ3) is 4.43. The van der Waals surface area contributed by atoms with Crippen LogP contribution in [0, 0.1) is 0 Å². The number of methoxy groups -OCH3 is 2. The van der Waals surface area contributed by atoms with E-state index in [0.29, 0.717) is 19.3 Å². The molecule has 6 nitrogen and oxygen atoms in total. The van der Waals surface area contributed by atoms with Crippen molar-refractivity contribution in [1.29, 1.82) is 0 Å². The normalized spacial score (nSPS) is 28.3. The summed E-state index contributed by atoms with van der Waals surface area (Å²) in [5, 5.41) is 3.64. The van der Waals surface area contributed by atoms with Crippen LogP contribution in [0.1, 0.15) is 18.9 Å². The number of para-hydroxylation sites is 1. The molecule has 2 aliphatic rings. The summed E-state index contributed by atoms with van der Waals surface area (Å²) in [7, 11) is 5.28. The molecular formula is C19H30IN3O3. The van der Waals surface area contributed by atoms with Crippen LogP contribution in [0.25, 0.3) is 0 Å². The lowest BCUT2D eigenvalue weighted by Crippen LogP contribution is -2.52. The van der Waals surface area contributed by atoms with Gasteiger partial charge in [-0.15, -0.1) is 24.0 Å². The minimum Gasteiger partial charge on any atom is -0.496 e. The topological polar surface area (TPSA) is 55.3 Å². The molecule has 0 aromatic heterocycles. The highest BCUT2D eigenvalue weighted by Gasteiger charge is 2.53. The second kappa shape index (κ2) is 9.23. The zero-order valence-corrected chi connectivity index (χ0v) is 18.4. The number of aliphatic imine (C=N–C) groups is 1. The Bertz CT molecular complexity index is 626. The van der Waals surface area contributed by atoms with E-state index in [1.165, 1.54) is 5.56 Å².